The van der Waals surface area contributed by atoms with Crippen molar-refractivity contribution in [2.75, 3.05) is 38.1 Å². The van der Waals surface area contributed by atoms with Crippen molar-refractivity contribution < 1.29 is 13.2 Å². The maximum atomic E-state index is 12.5. The van der Waals surface area contributed by atoms with E-state index in [0.717, 1.165) is 31.9 Å². The summed E-state index contributed by atoms with van der Waals surface area (Å²) in [5.74, 6) is 0. The minimum atomic E-state index is -3.76. The number of likely N-dealkylation sites (N-methyl/N-ethyl adjacent to an activating group) is 1. The normalized spacial score (nSPS) is 26.5. The lowest BCUT2D eigenvalue weighted by molar-refractivity contribution is 0.0827. The van der Waals surface area contributed by atoms with Crippen molar-refractivity contribution in [2.24, 2.45) is 10.1 Å². The van der Waals surface area contributed by atoms with Crippen LogP contribution in [-0.4, -0.2) is 58.2 Å². The highest BCUT2D eigenvalue weighted by Gasteiger charge is 2.46. The Morgan fingerprint density at radius 3 is 2.29 bits per heavy atom. The summed E-state index contributed by atoms with van der Waals surface area (Å²) in [6.45, 7) is 7.40. The Morgan fingerprint density at radius 1 is 1.17 bits per heavy atom. The second-order valence-corrected chi connectivity index (χ2v) is 8.60. The summed E-state index contributed by atoms with van der Waals surface area (Å²) in [6.07, 6.45) is 0. The number of amidine groups is 1. The maximum absolute atomic E-state index is 12.5. The zero-order valence-corrected chi connectivity index (χ0v) is 15.1. The number of sulfonamides is 1. The average molecular weight is 352 g/mol. The van der Waals surface area contributed by atoms with E-state index in [1.54, 1.807) is 13.8 Å². The fourth-order valence-electron chi connectivity index (χ4n) is 3.38. The number of nitrogens with zero attached hydrogens (tertiary/aromatic N) is 3. The fraction of sp³-hybridized carbons (Fsp3) is 0.562. The second-order valence-electron chi connectivity index (χ2n) is 6.91. The summed E-state index contributed by atoms with van der Waals surface area (Å²) in [5, 5.41) is -0.876. The summed E-state index contributed by atoms with van der Waals surface area (Å²) in [5.41, 5.74) is 6.28. The van der Waals surface area contributed by atoms with E-state index < -0.39 is 20.9 Å². The first-order valence-corrected chi connectivity index (χ1v) is 9.51. The molecule has 1 aromatic carbocycles. The molecule has 0 spiro atoms. The molecule has 2 N–H and O–H groups in total. The van der Waals surface area contributed by atoms with Gasteiger partial charge >= 0.3 is 0 Å². The predicted octanol–water partition coefficient (Wildman–Crippen LogP) is 0.933. The molecule has 24 heavy (non-hydrogen) atoms. The fourth-order valence-corrected chi connectivity index (χ4v) is 5.04. The number of piperazine rings is 1. The van der Waals surface area contributed by atoms with E-state index in [9.17, 15) is 8.42 Å². The molecule has 2 heterocycles. The Kier molecular flexibility index (Phi) is 4.21. The highest BCUT2D eigenvalue weighted by atomic mass is 32.2. The standard InChI is InChI=1S/C16H24N4O3S/c1-16(2)14(24(21,22)18-15(17)23-16)12-4-6-13(7-5-12)20-10-8-19(3)9-11-20/h4-7,14H,8-11H2,1-3H3,(H2,17,18). The van der Waals surface area contributed by atoms with Crippen LogP contribution >= 0.6 is 0 Å². The quantitative estimate of drug-likeness (QED) is 0.852. The molecule has 1 unspecified atom stereocenters. The first-order chi connectivity index (χ1) is 11.2. The Balaban J connectivity index is 1.87. The number of hydrogen-bond acceptors (Lipinski definition) is 6. The monoisotopic (exact) mass is 352 g/mol. The van der Waals surface area contributed by atoms with Gasteiger partial charge in [-0.15, -0.1) is 4.40 Å². The highest BCUT2D eigenvalue weighted by molar-refractivity contribution is 7.90. The Bertz CT molecular complexity index is 735. The molecule has 0 aromatic heterocycles. The Morgan fingerprint density at radius 2 is 1.75 bits per heavy atom. The number of ether oxygens (including phenoxy) is 1. The van der Waals surface area contributed by atoms with Gasteiger partial charge in [-0.2, -0.15) is 0 Å². The zero-order valence-electron chi connectivity index (χ0n) is 14.3. The highest BCUT2D eigenvalue weighted by Crippen LogP contribution is 2.40. The van der Waals surface area contributed by atoms with Crippen LogP contribution in [0.15, 0.2) is 28.7 Å². The summed E-state index contributed by atoms with van der Waals surface area (Å²) in [6, 6.07) is 7.32. The van der Waals surface area contributed by atoms with Crippen LogP contribution in [0, 0.1) is 0 Å². The maximum Gasteiger partial charge on any atom is 0.298 e. The number of hydrogen-bond donors (Lipinski definition) is 1. The first kappa shape index (κ1) is 17.0. The third-order valence-electron chi connectivity index (χ3n) is 4.58. The summed E-state index contributed by atoms with van der Waals surface area (Å²) >= 11 is 0. The van der Waals surface area contributed by atoms with E-state index >= 15 is 0 Å². The van der Waals surface area contributed by atoms with Crippen molar-refractivity contribution in [2.45, 2.75) is 24.7 Å². The molecule has 0 amide bonds. The lowest BCUT2D eigenvalue weighted by Gasteiger charge is -2.36. The molecule has 1 fully saturated rings. The molecule has 8 heteroatoms. The van der Waals surface area contributed by atoms with E-state index in [0.29, 0.717) is 5.56 Å². The lowest BCUT2D eigenvalue weighted by atomic mass is 9.97. The third kappa shape index (κ3) is 3.21. The largest absolute Gasteiger partial charge is 0.457 e. The minimum Gasteiger partial charge on any atom is -0.457 e. The summed E-state index contributed by atoms with van der Waals surface area (Å²) < 4.78 is 33.9. The average Bonchev–Trinajstić information content (AvgIpc) is 2.46. The molecule has 2 aliphatic heterocycles. The molecule has 7 nitrogen and oxygen atoms in total. The van der Waals surface area contributed by atoms with Crippen LogP contribution in [0.2, 0.25) is 0 Å². The summed E-state index contributed by atoms with van der Waals surface area (Å²) in [7, 11) is -1.65. The SMILES string of the molecule is CN1CCN(c2ccc(C3C(C)(C)OC(N)=NS3(=O)=O)cc2)CC1. The van der Waals surface area contributed by atoms with Gasteiger partial charge in [-0.25, -0.2) is 8.42 Å². The first-order valence-electron chi connectivity index (χ1n) is 8.01. The molecular weight excluding hydrogens is 328 g/mol. The molecule has 0 radical (unpaired) electrons. The van der Waals surface area contributed by atoms with Crippen LogP contribution in [0.3, 0.4) is 0 Å². The zero-order chi connectivity index (χ0) is 17.5. The van der Waals surface area contributed by atoms with Gasteiger partial charge in [0.25, 0.3) is 16.0 Å². The predicted molar refractivity (Wildman–Crippen MR) is 94.6 cm³/mol. The number of anilines is 1. The third-order valence-corrected chi connectivity index (χ3v) is 6.45. The molecule has 1 aromatic rings. The van der Waals surface area contributed by atoms with Gasteiger partial charge in [0, 0.05) is 31.9 Å². The Hall–Kier alpha value is -1.80. The molecule has 1 saturated heterocycles. The van der Waals surface area contributed by atoms with Crippen LogP contribution in [-0.2, 0) is 14.8 Å². The lowest BCUT2D eigenvalue weighted by Crippen LogP contribution is -2.45. The molecule has 132 valence electrons. The van der Waals surface area contributed by atoms with E-state index in [-0.39, 0.29) is 6.02 Å². The minimum absolute atomic E-state index is 0.301. The van der Waals surface area contributed by atoms with Crippen molar-refractivity contribution in [3.63, 3.8) is 0 Å². The Labute approximate surface area is 143 Å². The van der Waals surface area contributed by atoms with Gasteiger partial charge in [0.05, 0.1) is 0 Å². The number of benzene rings is 1. The van der Waals surface area contributed by atoms with Crippen molar-refractivity contribution in [1.29, 1.82) is 0 Å². The van der Waals surface area contributed by atoms with Crippen LogP contribution < -0.4 is 10.6 Å². The van der Waals surface area contributed by atoms with Crippen LogP contribution in [0.1, 0.15) is 24.7 Å². The van der Waals surface area contributed by atoms with Gasteiger partial charge < -0.3 is 20.3 Å². The van der Waals surface area contributed by atoms with Crippen LogP contribution in [0.25, 0.3) is 0 Å². The van der Waals surface area contributed by atoms with Crippen LogP contribution in [0.5, 0.6) is 0 Å². The van der Waals surface area contributed by atoms with Crippen molar-refractivity contribution >= 4 is 21.7 Å². The molecule has 3 rings (SSSR count). The number of rotatable bonds is 2. The van der Waals surface area contributed by atoms with Crippen molar-refractivity contribution in [3.05, 3.63) is 29.8 Å². The van der Waals surface area contributed by atoms with Gasteiger partial charge in [0.2, 0.25) is 0 Å². The van der Waals surface area contributed by atoms with Crippen molar-refractivity contribution in [1.82, 2.24) is 4.90 Å². The topological polar surface area (TPSA) is 88.2 Å². The summed E-state index contributed by atoms with van der Waals surface area (Å²) in [4.78, 5) is 4.60. The van der Waals surface area contributed by atoms with Gasteiger partial charge in [-0.05, 0) is 38.6 Å². The van der Waals surface area contributed by atoms with Gasteiger partial charge in [0.1, 0.15) is 10.9 Å². The van der Waals surface area contributed by atoms with E-state index in [1.807, 2.05) is 24.3 Å². The van der Waals surface area contributed by atoms with Crippen LogP contribution in [0.4, 0.5) is 5.69 Å². The van der Waals surface area contributed by atoms with E-state index in [2.05, 4.69) is 21.2 Å². The molecule has 0 saturated carbocycles. The van der Waals surface area contributed by atoms with Crippen molar-refractivity contribution in [3.8, 4) is 0 Å². The molecule has 2 aliphatic rings. The molecule has 0 bridgehead atoms. The van der Waals surface area contributed by atoms with E-state index in [1.165, 1.54) is 0 Å². The molecule has 1 atom stereocenters. The van der Waals surface area contributed by atoms with E-state index in [4.69, 9.17) is 10.5 Å². The second kappa shape index (κ2) is 5.93. The van der Waals surface area contributed by atoms with Gasteiger partial charge in [0.15, 0.2) is 0 Å². The number of nitrogens with two attached hydrogens (primary N) is 1. The van der Waals surface area contributed by atoms with Gasteiger partial charge in [-0.1, -0.05) is 12.1 Å². The molecular formula is C16H24N4O3S. The molecule has 0 aliphatic carbocycles. The van der Waals surface area contributed by atoms with Gasteiger partial charge in [-0.3, -0.25) is 0 Å². The smallest absolute Gasteiger partial charge is 0.298 e.